The third kappa shape index (κ3) is 1.99. The van der Waals surface area contributed by atoms with Gasteiger partial charge in [0.2, 0.25) is 5.95 Å². The van der Waals surface area contributed by atoms with Crippen LogP contribution in [0.4, 0.5) is 5.95 Å². The van der Waals surface area contributed by atoms with Crippen molar-refractivity contribution in [1.29, 1.82) is 0 Å². The summed E-state index contributed by atoms with van der Waals surface area (Å²) in [4.78, 5) is 4.68. The number of benzene rings is 1. The van der Waals surface area contributed by atoms with E-state index in [0.717, 1.165) is 30.0 Å². The maximum absolute atomic E-state index is 5.78. The summed E-state index contributed by atoms with van der Waals surface area (Å²) in [6.45, 7) is 7.36. The molecule has 0 bridgehead atoms. The van der Waals surface area contributed by atoms with Gasteiger partial charge in [0.15, 0.2) is 0 Å². The molecular weight excluding hydrogens is 250 g/mol. The number of aromatic nitrogens is 2. The molecule has 20 heavy (non-hydrogen) atoms. The van der Waals surface area contributed by atoms with E-state index >= 15 is 0 Å². The van der Waals surface area contributed by atoms with Crippen molar-refractivity contribution in [2.45, 2.75) is 39.3 Å². The number of nitrogens with one attached hydrogen (secondary N) is 1. The highest BCUT2D eigenvalue weighted by Crippen LogP contribution is 2.44. The summed E-state index contributed by atoms with van der Waals surface area (Å²) < 4.78 is 7.91. The summed E-state index contributed by atoms with van der Waals surface area (Å²) in [7, 11) is 2.06. The van der Waals surface area contributed by atoms with E-state index in [9.17, 15) is 0 Å². The molecule has 1 fully saturated rings. The summed E-state index contributed by atoms with van der Waals surface area (Å²) >= 11 is 0. The Morgan fingerprint density at radius 1 is 1.40 bits per heavy atom. The number of anilines is 1. The summed E-state index contributed by atoms with van der Waals surface area (Å²) in [6.07, 6.45) is 1.39. The molecule has 0 spiro atoms. The van der Waals surface area contributed by atoms with E-state index in [2.05, 4.69) is 54.8 Å². The number of ether oxygens (including phenoxy) is 1. The van der Waals surface area contributed by atoms with E-state index in [1.54, 1.807) is 0 Å². The molecule has 1 N–H and O–H groups in total. The van der Waals surface area contributed by atoms with Crippen LogP contribution in [0.5, 0.6) is 0 Å². The summed E-state index contributed by atoms with van der Waals surface area (Å²) in [5.41, 5.74) is 2.35. The smallest absolute Gasteiger partial charge is 0.203 e. The molecule has 0 saturated heterocycles. The van der Waals surface area contributed by atoms with Gasteiger partial charge >= 0.3 is 0 Å². The molecule has 3 rings (SSSR count). The van der Waals surface area contributed by atoms with Crippen LogP contribution in [0.25, 0.3) is 11.0 Å². The minimum atomic E-state index is 0.147. The first-order valence-electron chi connectivity index (χ1n) is 7.33. The normalized spacial score (nSPS) is 24.6. The predicted octanol–water partition coefficient (Wildman–Crippen LogP) is 3.19. The highest BCUT2D eigenvalue weighted by molar-refractivity contribution is 5.78. The Bertz CT molecular complexity index is 617. The molecule has 1 aromatic carbocycles. The maximum atomic E-state index is 5.78. The topological polar surface area (TPSA) is 39.1 Å². The van der Waals surface area contributed by atoms with Crippen molar-refractivity contribution in [2.75, 3.05) is 11.9 Å². The van der Waals surface area contributed by atoms with E-state index in [1.165, 1.54) is 0 Å². The third-order valence-corrected chi connectivity index (χ3v) is 4.64. The Morgan fingerprint density at radius 3 is 2.80 bits per heavy atom. The van der Waals surface area contributed by atoms with Gasteiger partial charge < -0.3 is 14.6 Å². The fourth-order valence-corrected chi connectivity index (χ4v) is 3.04. The molecule has 4 heteroatoms. The van der Waals surface area contributed by atoms with E-state index in [0.29, 0.717) is 12.1 Å². The van der Waals surface area contributed by atoms with Gasteiger partial charge in [0.25, 0.3) is 0 Å². The number of hydrogen-bond acceptors (Lipinski definition) is 3. The molecule has 1 aliphatic carbocycles. The van der Waals surface area contributed by atoms with Crippen molar-refractivity contribution in [2.24, 2.45) is 12.5 Å². The van der Waals surface area contributed by atoms with Crippen molar-refractivity contribution < 1.29 is 4.74 Å². The van der Waals surface area contributed by atoms with Gasteiger partial charge in [0, 0.05) is 25.1 Å². The zero-order valence-electron chi connectivity index (χ0n) is 12.7. The average molecular weight is 273 g/mol. The first-order chi connectivity index (χ1) is 9.54. The van der Waals surface area contributed by atoms with Crippen molar-refractivity contribution in [3.05, 3.63) is 24.3 Å². The first kappa shape index (κ1) is 13.4. The lowest BCUT2D eigenvalue weighted by molar-refractivity contribution is -0.0978. The van der Waals surface area contributed by atoms with E-state index < -0.39 is 0 Å². The van der Waals surface area contributed by atoms with Gasteiger partial charge in [-0.2, -0.15) is 0 Å². The Kier molecular flexibility index (Phi) is 3.21. The molecule has 0 aliphatic heterocycles. The Balaban J connectivity index is 1.79. The molecular formula is C16H23N3O. The second kappa shape index (κ2) is 4.77. The summed E-state index contributed by atoms with van der Waals surface area (Å²) in [5.74, 6) is 0.944. The number of nitrogens with zero attached hydrogens (tertiary/aromatic N) is 2. The molecule has 108 valence electrons. The zero-order valence-corrected chi connectivity index (χ0v) is 12.7. The molecule has 2 aromatic rings. The molecule has 1 aromatic heterocycles. The quantitative estimate of drug-likeness (QED) is 0.930. The lowest BCUT2D eigenvalue weighted by Gasteiger charge is -2.51. The van der Waals surface area contributed by atoms with Gasteiger partial charge in [-0.15, -0.1) is 0 Å². The highest BCUT2D eigenvalue weighted by atomic mass is 16.5. The minimum Gasteiger partial charge on any atom is -0.378 e. The van der Waals surface area contributed by atoms with Crippen LogP contribution < -0.4 is 5.32 Å². The highest BCUT2D eigenvalue weighted by Gasteiger charge is 2.49. The van der Waals surface area contributed by atoms with Gasteiger partial charge in [0.05, 0.1) is 17.1 Å². The predicted molar refractivity (Wildman–Crippen MR) is 81.9 cm³/mol. The molecule has 2 unspecified atom stereocenters. The number of para-hydroxylation sites is 2. The van der Waals surface area contributed by atoms with E-state index in [4.69, 9.17) is 4.74 Å². The van der Waals surface area contributed by atoms with Gasteiger partial charge in [0.1, 0.15) is 0 Å². The number of imidazole rings is 1. The standard InChI is InChI=1S/C16H23N3O/c1-5-20-14-10-13(16(14,2)3)18-15-17-11-8-6-7-9-12(11)19(15)4/h6-9,13-14H,5,10H2,1-4H3,(H,17,18). The lowest BCUT2D eigenvalue weighted by Crippen LogP contribution is -2.58. The van der Waals surface area contributed by atoms with E-state index in [1.807, 2.05) is 12.1 Å². The van der Waals surface area contributed by atoms with Crippen LogP contribution in [0.2, 0.25) is 0 Å². The number of rotatable bonds is 4. The van der Waals surface area contributed by atoms with Crippen LogP contribution in [-0.2, 0) is 11.8 Å². The Labute approximate surface area is 120 Å². The Morgan fingerprint density at radius 2 is 2.15 bits per heavy atom. The largest absolute Gasteiger partial charge is 0.378 e. The van der Waals surface area contributed by atoms with Crippen LogP contribution >= 0.6 is 0 Å². The molecule has 2 atom stereocenters. The molecule has 0 amide bonds. The van der Waals surface area contributed by atoms with Crippen LogP contribution in [0.15, 0.2) is 24.3 Å². The monoisotopic (exact) mass is 273 g/mol. The molecule has 1 saturated carbocycles. The van der Waals surface area contributed by atoms with Crippen molar-refractivity contribution in [3.63, 3.8) is 0 Å². The van der Waals surface area contributed by atoms with Gasteiger partial charge in [-0.3, -0.25) is 0 Å². The van der Waals surface area contributed by atoms with Crippen molar-refractivity contribution >= 4 is 17.0 Å². The fraction of sp³-hybridized carbons (Fsp3) is 0.562. The number of fused-ring (bicyclic) bond motifs is 1. The third-order valence-electron chi connectivity index (χ3n) is 4.64. The molecule has 1 heterocycles. The number of hydrogen-bond donors (Lipinski definition) is 1. The van der Waals surface area contributed by atoms with Gasteiger partial charge in [-0.05, 0) is 25.5 Å². The second-order valence-corrected chi connectivity index (χ2v) is 6.18. The molecule has 4 nitrogen and oxygen atoms in total. The molecule has 1 aliphatic rings. The van der Waals surface area contributed by atoms with E-state index in [-0.39, 0.29) is 5.41 Å². The first-order valence-corrected chi connectivity index (χ1v) is 7.33. The summed E-state index contributed by atoms with van der Waals surface area (Å²) in [6, 6.07) is 8.64. The summed E-state index contributed by atoms with van der Waals surface area (Å²) in [5, 5.41) is 3.59. The van der Waals surface area contributed by atoms with Gasteiger partial charge in [-0.1, -0.05) is 26.0 Å². The molecule has 0 radical (unpaired) electrons. The van der Waals surface area contributed by atoms with Crippen molar-refractivity contribution in [3.8, 4) is 0 Å². The van der Waals surface area contributed by atoms with Gasteiger partial charge in [-0.25, -0.2) is 4.98 Å². The fourth-order valence-electron chi connectivity index (χ4n) is 3.04. The second-order valence-electron chi connectivity index (χ2n) is 6.18. The number of aryl methyl sites for hydroxylation is 1. The van der Waals surface area contributed by atoms with Crippen LogP contribution in [0, 0.1) is 5.41 Å². The lowest BCUT2D eigenvalue weighted by atomic mass is 9.64. The zero-order chi connectivity index (χ0) is 14.3. The van der Waals surface area contributed by atoms with Crippen LogP contribution in [0.1, 0.15) is 27.2 Å². The average Bonchev–Trinajstić information content (AvgIpc) is 2.75. The van der Waals surface area contributed by atoms with Crippen LogP contribution in [-0.4, -0.2) is 28.3 Å². The Hall–Kier alpha value is -1.55. The van der Waals surface area contributed by atoms with Crippen LogP contribution in [0.3, 0.4) is 0 Å². The van der Waals surface area contributed by atoms with Crippen molar-refractivity contribution in [1.82, 2.24) is 9.55 Å². The SMILES string of the molecule is CCOC1CC(Nc2nc3ccccc3n2C)C1(C)C. The maximum Gasteiger partial charge on any atom is 0.203 e. The minimum absolute atomic E-state index is 0.147.